The number of nitrogens with one attached hydrogen (secondary N) is 1. The molecular formula is C20H39NO. The largest absolute Gasteiger partial charge is 0.352 e. The molecular weight excluding hydrogens is 270 g/mol. The van der Waals surface area contributed by atoms with Crippen LogP contribution >= 0.6 is 0 Å². The molecule has 0 radical (unpaired) electrons. The Bertz CT molecular complexity index is 285. The van der Waals surface area contributed by atoms with Crippen LogP contribution < -0.4 is 5.32 Å². The second-order valence-corrected chi connectivity index (χ2v) is 6.76. The van der Waals surface area contributed by atoms with Crippen LogP contribution in [0.2, 0.25) is 0 Å². The number of hydrogen-bond acceptors (Lipinski definition) is 1. The molecule has 1 amide bonds. The summed E-state index contributed by atoms with van der Waals surface area (Å²) in [5.41, 5.74) is 0.615. The van der Waals surface area contributed by atoms with Gasteiger partial charge >= 0.3 is 0 Å². The van der Waals surface area contributed by atoms with Crippen LogP contribution in [0.5, 0.6) is 0 Å². The maximum atomic E-state index is 11.7. The van der Waals surface area contributed by atoms with E-state index in [1.54, 1.807) is 6.92 Å². The molecule has 0 rings (SSSR count). The van der Waals surface area contributed by atoms with Crippen molar-refractivity contribution < 1.29 is 4.79 Å². The quantitative estimate of drug-likeness (QED) is 0.291. The van der Waals surface area contributed by atoms with Crippen LogP contribution in [0, 0.1) is 5.92 Å². The van der Waals surface area contributed by atoms with Crippen molar-refractivity contribution in [3.63, 3.8) is 0 Å². The molecule has 0 aliphatic carbocycles. The molecule has 0 aromatic heterocycles. The molecule has 0 aliphatic heterocycles. The standard InChI is InChI=1S/C20H39NO/c1-5-7-9-11-12-14-16-19(15-13-10-8-6-2)17-21-20(22)18(3)4/h19H,3,5-17H2,1-2,4H3,(H,21,22). The Labute approximate surface area is 139 Å². The maximum Gasteiger partial charge on any atom is 0.246 e. The zero-order chi connectivity index (χ0) is 16.6. The summed E-state index contributed by atoms with van der Waals surface area (Å²) in [4.78, 5) is 11.7. The summed E-state index contributed by atoms with van der Waals surface area (Å²) in [5, 5.41) is 3.05. The SMILES string of the molecule is C=C(C)C(=O)NCC(CCCCCC)CCCCCCCC. The van der Waals surface area contributed by atoms with E-state index >= 15 is 0 Å². The molecule has 22 heavy (non-hydrogen) atoms. The van der Waals surface area contributed by atoms with Gasteiger partial charge in [-0.15, -0.1) is 0 Å². The van der Waals surface area contributed by atoms with E-state index in [2.05, 4.69) is 25.7 Å². The summed E-state index contributed by atoms with van der Waals surface area (Å²) in [6.45, 7) is 10.8. The Morgan fingerprint density at radius 3 is 1.82 bits per heavy atom. The van der Waals surface area contributed by atoms with Gasteiger partial charge in [0.05, 0.1) is 0 Å². The number of carbonyl (C=O) groups is 1. The number of rotatable bonds is 15. The van der Waals surface area contributed by atoms with E-state index in [0.717, 1.165) is 6.54 Å². The molecule has 0 saturated heterocycles. The second-order valence-electron chi connectivity index (χ2n) is 6.76. The van der Waals surface area contributed by atoms with Gasteiger partial charge in [-0.1, -0.05) is 84.6 Å². The van der Waals surface area contributed by atoms with Gasteiger partial charge in [0.2, 0.25) is 5.91 Å². The van der Waals surface area contributed by atoms with Crippen molar-refractivity contribution in [2.24, 2.45) is 5.92 Å². The van der Waals surface area contributed by atoms with Gasteiger partial charge in [0.1, 0.15) is 0 Å². The van der Waals surface area contributed by atoms with E-state index in [-0.39, 0.29) is 5.91 Å². The van der Waals surface area contributed by atoms with Crippen LogP contribution in [0.15, 0.2) is 12.2 Å². The topological polar surface area (TPSA) is 29.1 Å². The first-order valence-corrected chi connectivity index (χ1v) is 9.55. The van der Waals surface area contributed by atoms with Crippen molar-refractivity contribution in [2.45, 2.75) is 97.8 Å². The summed E-state index contributed by atoms with van der Waals surface area (Å²) >= 11 is 0. The predicted octanol–water partition coefficient (Wildman–Crippen LogP) is 6.02. The first kappa shape index (κ1) is 21.2. The Hall–Kier alpha value is -0.790. The van der Waals surface area contributed by atoms with Crippen LogP contribution in [0.4, 0.5) is 0 Å². The van der Waals surface area contributed by atoms with Gasteiger partial charge in [-0.2, -0.15) is 0 Å². The molecule has 130 valence electrons. The van der Waals surface area contributed by atoms with Crippen LogP contribution in [-0.2, 0) is 4.79 Å². The Balaban J connectivity index is 3.94. The van der Waals surface area contributed by atoms with Crippen molar-refractivity contribution in [3.8, 4) is 0 Å². The van der Waals surface area contributed by atoms with Gasteiger partial charge in [-0.05, 0) is 25.7 Å². The van der Waals surface area contributed by atoms with Crippen LogP contribution in [0.1, 0.15) is 97.8 Å². The third-order valence-electron chi connectivity index (χ3n) is 4.37. The summed E-state index contributed by atoms with van der Waals surface area (Å²) in [6.07, 6.45) is 15.9. The lowest BCUT2D eigenvalue weighted by Gasteiger charge is -2.18. The molecule has 1 unspecified atom stereocenters. The predicted molar refractivity (Wildman–Crippen MR) is 98.1 cm³/mol. The molecule has 0 fully saturated rings. The molecule has 1 N–H and O–H groups in total. The highest BCUT2D eigenvalue weighted by atomic mass is 16.1. The fourth-order valence-electron chi connectivity index (χ4n) is 2.81. The van der Waals surface area contributed by atoms with E-state index < -0.39 is 0 Å². The number of hydrogen-bond donors (Lipinski definition) is 1. The highest BCUT2D eigenvalue weighted by Crippen LogP contribution is 2.18. The van der Waals surface area contributed by atoms with Gasteiger partial charge in [-0.3, -0.25) is 4.79 Å². The van der Waals surface area contributed by atoms with Crippen LogP contribution in [0.25, 0.3) is 0 Å². The third-order valence-corrected chi connectivity index (χ3v) is 4.37. The fraction of sp³-hybridized carbons (Fsp3) is 0.850. The maximum absolute atomic E-state index is 11.7. The average molecular weight is 310 g/mol. The summed E-state index contributed by atoms with van der Waals surface area (Å²) in [5.74, 6) is 0.660. The zero-order valence-electron chi connectivity index (χ0n) is 15.4. The molecule has 0 heterocycles. The zero-order valence-corrected chi connectivity index (χ0v) is 15.4. The Morgan fingerprint density at radius 2 is 1.32 bits per heavy atom. The minimum Gasteiger partial charge on any atom is -0.352 e. The van der Waals surface area contributed by atoms with E-state index in [9.17, 15) is 4.79 Å². The second kappa shape index (κ2) is 15.1. The number of carbonyl (C=O) groups excluding carboxylic acids is 1. The number of unbranched alkanes of at least 4 members (excludes halogenated alkanes) is 8. The van der Waals surface area contributed by atoms with Gasteiger partial charge < -0.3 is 5.32 Å². The molecule has 2 heteroatoms. The molecule has 0 saturated carbocycles. The minimum atomic E-state index is 0.0153. The molecule has 0 aliphatic rings. The highest BCUT2D eigenvalue weighted by molar-refractivity contribution is 5.92. The first-order chi connectivity index (χ1) is 10.6. The smallest absolute Gasteiger partial charge is 0.246 e. The van der Waals surface area contributed by atoms with Crippen LogP contribution in [0.3, 0.4) is 0 Å². The lowest BCUT2D eigenvalue weighted by molar-refractivity contribution is -0.117. The van der Waals surface area contributed by atoms with E-state index in [1.807, 2.05) is 0 Å². The average Bonchev–Trinajstić information content (AvgIpc) is 2.51. The van der Waals surface area contributed by atoms with E-state index in [4.69, 9.17) is 0 Å². The van der Waals surface area contributed by atoms with Crippen LogP contribution in [-0.4, -0.2) is 12.5 Å². The van der Waals surface area contributed by atoms with Gasteiger partial charge in [-0.25, -0.2) is 0 Å². The van der Waals surface area contributed by atoms with Crippen molar-refractivity contribution in [3.05, 3.63) is 12.2 Å². The molecule has 1 atom stereocenters. The van der Waals surface area contributed by atoms with Gasteiger partial charge in [0.25, 0.3) is 0 Å². The lowest BCUT2D eigenvalue weighted by atomic mass is 9.94. The minimum absolute atomic E-state index is 0.0153. The van der Waals surface area contributed by atoms with Crippen molar-refractivity contribution >= 4 is 5.91 Å². The Morgan fingerprint density at radius 1 is 0.864 bits per heavy atom. The molecule has 0 bridgehead atoms. The molecule has 0 aromatic rings. The van der Waals surface area contributed by atoms with Crippen molar-refractivity contribution in [1.82, 2.24) is 5.32 Å². The third kappa shape index (κ3) is 12.9. The summed E-state index contributed by atoms with van der Waals surface area (Å²) in [7, 11) is 0. The van der Waals surface area contributed by atoms with Gasteiger partial charge in [0, 0.05) is 12.1 Å². The van der Waals surface area contributed by atoms with E-state index in [1.165, 1.54) is 77.0 Å². The van der Waals surface area contributed by atoms with E-state index in [0.29, 0.717) is 11.5 Å². The molecule has 0 spiro atoms. The molecule has 2 nitrogen and oxygen atoms in total. The first-order valence-electron chi connectivity index (χ1n) is 9.55. The fourth-order valence-corrected chi connectivity index (χ4v) is 2.81. The van der Waals surface area contributed by atoms with Gasteiger partial charge in [0.15, 0.2) is 0 Å². The van der Waals surface area contributed by atoms with Crippen molar-refractivity contribution in [1.29, 1.82) is 0 Å². The summed E-state index contributed by atoms with van der Waals surface area (Å²) in [6, 6.07) is 0. The summed E-state index contributed by atoms with van der Waals surface area (Å²) < 4.78 is 0. The normalized spacial score (nSPS) is 12.1. The number of amides is 1. The monoisotopic (exact) mass is 309 g/mol. The lowest BCUT2D eigenvalue weighted by Crippen LogP contribution is -2.29. The molecule has 0 aromatic carbocycles. The highest BCUT2D eigenvalue weighted by Gasteiger charge is 2.10. The Kier molecular flexibility index (Phi) is 14.6. The van der Waals surface area contributed by atoms with Crippen molar-refractivity contribution in [2.75, 3.05) is 6.54 Å².